The number of nitrogens with zero attached hydrogens (tertiary/aromatic N) is 2. The fourth-order valence-corrected chi connectivity index (χ4v) is 3.83. The van der Waals surface area contributed by atoms with Crippen LogP contribution in [0, 0.1) is 0 Å². The average molecular weight is 414 g/mol. The maximum absolute atomic E-state index is 12.8. The van der Waals surface area contributed by atoms with Crippen molar-refractivity contribution in [3.8, 4) is 0 Å². The quantitative estimate of drug-likeness (QED) is 0.704. The van der Waals surface area contributed by atoms with Gasteiger partial charge in [-0.3, -0.25) is 14.5 Å². The second kappa shape index (κ2) is 9.90. The molecule has 1 saturated heterocycles. The zero-order valence-electron chi connectivity index (χ0n) is 17.1. The predicted molar refractivity (Wildman–Crippen MR) is 117 cm³/mol. The minimum absolute atomic E-state index is 0.0507. The highest BCUT2D eigenvalue weighted by Crippen LogP contribution is 2.30. The second-order valence-corrected chi connectivity index (χ2v) is 7.64. The molecule has 2 aromatic rings. The fourth-order valence-electron chi connectivity index (χ4n) is 3.61. The highest BCUT2D eigenvalue weighted by atomic mass is 35.5. The number of anilines is 1. The lowest BCUT2D eigenvalue weighted by atomic mass is 10.1. The van der Waals surface area contributed by atoms with Gasteiger partial charge in [-0.05, 0) is 48.8 Å². The molecule has 1 fully saturated rings. The smallest absolute Gasteiger partial charge is 0.251 e. The Morgan fingerprint density at radius 3 is 2.52 bits per heavy atom. The molecule has 154 valence electrons. The third-order valence-electron chi connectivity index (χ3n) is 5.42. The second-order valence-electron chi connectivity index (χ2n) is 7.23. The third-order valence-corrected chi connectivity index (χ3v) is 5.74. The van der Waals surface area contributed by atoms with Gasteiger partial charge >= 0.3 is 0 Å². The van der Waals surface area contributed by atoms with Crippen LogP contribution in [0.4, 0.5) is 5.69 Å². The van der Waals surface area contributed by atoms with Crippen LogP contribution < -0.4 is 10.2 Å². The summed E-state index contributed by atoms with van der Waals surface area (Å²) in [6.07, 6.45) is 1.34. The number of hydrogen-bond acceptors (Lipinski definition) is 3. The maximum atomic E-state index is 12.8. The SMILES string of the molecule is CCN(CC)Cc1ccccc1CNC(=O)c1ccc(Cl)c(N2CCCC2=O)c1. The molecule has 0 bridgehead atoms. The van der Waals surface area contributed by atoms with Gasteiger partial charge in [0.05, 0.1) is 10.7 Å². The topological polar surface area (TPSA) is 52.7 Å². The summed E-state index contributed by atoms with van der Waals surface area (Å²) in [6, 6.07) is 13.3. The van der Waals surface area contributed by atoms with E-state index in [1.54, 1.807) is 23.1 Å². The minimum Gasteiger partial charge on any atom is -0.348 e. The third kappa shape index (κ3) is 5.17. The van der Waals surface area contributed by atoms with Crippen LogP contribution in [0.15, 0.2) is 42.5 Å². The van der Waals surface area contributed by atoms with Crippen molar-refractivity contribution in [1.29, 1.82) is 0 Å². The van der Waals surface area contributed by atoms with Gasteiger partial charge in [-0.15, -0.1) is 0 Å². The van der Waals surface area contributed by atoms with Crippen molar-refractivity contribution in [2.45, 2.75) is 39.8 Å². The first-order valence-electron chi connectivity index (χ1n) is 10.2. The number of rotatable bonds is 8. The summed E-state index contributed by atoms with van der Waals surface area (Å²) < 4.78 is 0. The molecule has 0 radical (unpaired) electrons. The van der Waals surface area contributed by atoms with Crippen molar-refractivity contribution >= 4 is 29.1 Å². The van der Waals surface area contributed by atoms with Crippen molar-refractivity contribution in [3.63, 3.8) is 0 Å². The number of carbonyl (C=O) groups is 2. The first-order chi connectivity index (χ1) is 14.0. The monoisotopic (exact) mass is 413 g/mol. The summed E-state index contributed by atoms with van der Waals surface area (Å²) in [7, 11) is 0. The molecular weight excluding hydrogens is 386 g/mol. The summed E-state index contributed by atoms with van der Waals surface area (Å²) in [5.41, 5.74) is 3.45. The van der Waals surface area contributed by atoms with Crippen molar-refractivity contribution in [3.05, 3.63) is 64.2 Å². The molecule has 0 saturated carbocycles. The molecule has 5 nitrogen and oxygen atoms in total. The van der Waals surface area contributed by atoms with Crippen molar-refractivity contribution in [1.82, 2.24) is 10.2 Å². The van der Waals surface area contributed by atoms with Gasteiger partial charge < -0.3 is 10.2 Å². The minimum atomic E-state index is -0.174. The lowest BCUT2D eigenvalue weighted by Crippen LogP contribution is -2.27. The van der Waals surface area contributed by atoms with Crippen LogP contribution in [0.2, 0.25) is 5.02 Å². The zero-order valence-corrected chi connectivity index (χ0v) is 17.8. The number of benzene rings is 2. The molecule has 3 rings (SSSR count). The Hall–Kier alpha value is -2.37. The van der Waals surface area contributed by atoms with Gasteiger partial charge in [-0.25, -0.2) is 0 Å². The standard InChI is InChI=1S/C23H28ClN3O2/c1-3-26(4-2)16-19-9-6-5-8-18(19)15-25-23(29)17-11-12-20(24)21(14-17)27-13-7-10-22(27)28/h5-6,8-9,11-12,14H,3-4,7,10,13,15-16H2,1-2H3,(H,25,29). The van der Waals surface area contributed by atoms with Gasteiger partial charge in [0.1, 0.15) is 0 Å². The molecule has 0 atom stereocenters. The van der Waals surface area contributed by atoms with Crippen molar-refractivity contribution in [2.24, 2.45) is 0 Å². The molecule has 1 aliphatic rings. The van der Waals surface area contributed by atoms with E-state index in [9.17, 15) is 9.59 Å². The maximum Gasteiger partial charge on any atom is 0.251 e. The Morgan fingerprint density at radius 2 is 1.86 bits per heavy atom. The highest BCUT2D eigenvalue weighted by molar-refractivity contribution is 6.34. The van der Waals surface area contributed by atoms with Crippen molar-refractivity contribution < 1.29 is 9.59 Å². The van der Waals surface area contributed by atoms with Crippen LogP contribution in [0.5, 0.6) is 0 Å². The number of halogens is 1. The van der Waals surface area contributed by atoms with Crippen LogP contribution in [0.25, 0.3) is 0 Å². The van der Waals surface area contributed by atoms with Crippen LogP contribution in [-0.2, 0) is 17.9 Å². The summed E-state index contributed by atoms with van der Waals surface area (Å²) in [6.45, 7) is 8.23. The predicted octanol–water partition coefficient (Wildman–Crippen LogP) is 4.24. The molecule has 1 heterocycles. The summed E-state index contributed by atoms with van der Waals surface area (Å²) in [5, 5.41) is 3.50. The van der Waals surface area contributed by atoms with E-state index in [-0.39, 0.29) is 11.8 Å². The van der Waals surface area contributed by atoms with Gasteiger partial charge in [0.2, 0.25) is 5.91 Å². The van der Waals surface area contributed by atoms with E-state index in [4.69, 9.17) is 11.6 Å². The van der Waals surface area contributed by atoms with E-state index in [0.717, 1.165) is 31.6 Å². The van der Waals surface area contributed by atoms with E-state index in [1.807, 2.05) is 12.1 Å². The molecular formula is C23H28ClN3O2. The van der Waals surface area contributed by atoms with Crippen LogP contribution in [0.1, 0.15) is 48.2 Å². The molecule has 1 N–H and O–H groups in total. The molecule has 2 amide bonds. The summed E-state index contributed by atoms with van der Waals surface area (Å²) in [4.78, 5) is 28.8. The van der Waals surface area contributed by atoms with Gasteiger partial charge in [-0.1, -0.05) is 49.7 Å². The molecule has 6 heteroatoms. The van der Waals surface area contributed by atoms with E-state index in [0.29, 0.717) is 35.8 Å². The van der Waals surface area contributed by atoms with Gasteiger partial charge in [0, 0.05) is 31.6 Å². The normalized spacial score (nSPS) is 13.9. The van der Waals surface area contributed by atoms with E-state index >= 15 is 0 Å². The number of nitrogens with one attached hydrogen (secondary N) is 1. The Morgan fingerprint density at radius 1 is 1.14 bits per heavy atom. The Bertz CT molecular complexity index is 880. The van der Waals surface area contributed by atoms with Crippen LogP contribution >= 0.6 is 11.6 Å². The summed E-state index contributed by atoms with van der Waals surface area (Å²) >= 11 is 6.29. The zero-order chi connectivity index (χ0) is 20.8. The van der Waals surface area contributed by atoms with Crippen molar-refractivity contribution in [2.75, 3.05) is 24.5 Å². The largest absolute Gasteiger partial charge is 0.348 e. The molecule has 0 unspecified atom stereocenters. The Labute approximate surface area is 177 Å². The number of carbonyl (C=O) groups excluding carboxylic acids is 2. The molecule has 29 heavy (non-hydrogen) atoms. The molecule has 2 aromatic carbocycles. The Balaban J connectivity index is 1.71. The first kappa shape index (κ1) is 21.3. The molecule has 0 spiro atoms. The molecule has 0 aromatic heterocycles. The highest BCUT2D eigenvalue weighted by Gasteiger charge is 2.24. The van der Waals surface area contributed by atoms with Gasteiger partial charge in [-0.2, -0.15) is 0 Å². The molecule has 0 aliphatic carbocycles. The van der Waals surface area contributed by atoms with Crippen LogP contribution in [-0.4, -0.2) is 36.3 Å². The fraction of sp³-hybridized carbons (Fsp3) is 0.391. The number of hydrogen-bond donors (Lipinski definition) is 1. The first-order valence-corrected chi connectivity index (χ1v) is 10.6. The summed E-state index contributed by atoms with van der Waals surface area (Å²) in [5.74, 6) is -0.123. The van der Waals surface area contributed by atoms with Crippen LogP contribution in [0.3, 0.4) is 0 Å². The lowest BCUT2D eigenvalue weighted by molar-refractivity contribution is -0.117. The average Bonchev–Trinajstić information content (AvgIpc) is 3.16. The van der Waals surface area contributed by atoms with E-state index in [1.165, 1.54) is 5.56 Å². The van der Waals surface area contributed by atoms with Gasteiger partial charge in [0.25, 0.3) is 5.91 Å². The van der Waals surface area contributed by atoms with E-state index in [2.05, 4.69) is 36.2 Å². The van der Waals surface area contributed by atoms with Gasteiger partial charge in [0.15, 0.2) is 0 Å². The lowest BCUT2D eigenvalue weighted by Gasteiger charge is -2.20. The van der Waals surface area contributed by atoms with E-state index < -0.39 is 0 Å². The number of amides is 2. The molecule has 1 aliphatic heterocycles. The Kier molecular flexibility index (Phi) is 7.29.